The van der Waals surface area contributed by atoms with Gasteiger partial charge in [0.2, 0.25) is 0 Å². The Hall–Kier alpha value is -7.44. The van der Waals surface area contributed by atoms with Gasteiger partial charge in [-0.25, -0.2) is 19.9 Å². The van der Waals surface area contributed by atoms with E-state index in [4.69, 9.17) is 19.9 Å². The largest absolute Gasteiger partial charge is 0.308 e. The van der Waals surface area contributed by atoms with E-state index in [1.54, 1.807) is 0 Å². The van der Waals surface area contributed by atoms with Crippen molar-refractivity contribution >= 4 is 66.4 Å². The van der Waals surface area contributed by atoms with E-state index >= 15 is 0 Å². The highest BCUT2D eigenvalue weighted by Crippen LogP contribution is 2.44. The predicted molar refractivity (Wildman–Crippen MR) is 241 cm³/mol. The van der Waals surface area contributed by atoms with Gasteiger partial charge in [0, 0.05) is 33.9 Å². The Balaban J connectivity index is 1.05. The standard InChI is InChI=1S/C52H40N6/c1-33-11-19-39(20-12-33)57(40-21-13-34(2)14-22-40)43-29-53-51(54-30-43)47-27-37-7-6-10-46-48(28-38-8-5-9-45(47)49(38)50(37)46)52-55-31-44(32-56-52)58(41-23-15-35(3)16-24-41)42-25-17-36(4)18-26-42/h5-32H,1-4H3. The predicted octanol–water partition coefficient (Wildman–Crippen LogP) is 13.7. The number of aryl methyl sites for hydroxylation is 4. The van der Waals surface area contributed by atoms with E-state index in [-0.39, 0.29) is 0 Å². The van der Waals surface area contributed by atoms with Crippen molar-refractivity contribution in [1.29, 1.82) is 0 Å². The summed E-state index contributed by atoms with van der Waals surface area (Å²) in [7, 11) is 0. The summed E-state index contributed by atoms with van der Waals surface area (Å²) in [6.07, 6.45) is 7.73. The van der Waals surface area contributed by atoms with Crippen molar-refractivity contribution in [3.8, 4) is 22.8 Å². The van der Waals surface area contributed by atoms with E-state index < -0.39 is 0 Å². The normalized spacial score (nSPS) is 11.4. The molecule has 0 N–H and O–H groups in total. The van der Waals surface area contributed by atoms with Crippen LogP contribution in [-0.4, -0.2) is 19.9 Å². The minimum absolute atomic E-state index is 0.682. The lowest BCUT2D eigenvalue weighted by atomic mass is 9.88. The van der Waals surface area contributed by atoms with Crippen molar-refractivity contribution in [2.24, 2.45) is 0 Å². The molecule has 10 aromatic rings. The van der Waals surface area contributed by atoms with Gasteiger partial charge in [-0.1, -0.05) is 107 Å². The molecule has 0 fully saturated rings. The molecule has 58 heavy (non-hydrogen) atoms. The van der Waals surface area contributed by atoms with Gasteiger partial charge in [0.25, 0.3) is 0 Å². The van der Waals surface area contributed by atoms with E-state index in [0.29, 0.717) is 11.6 Å². The average molecular weight is 749 g/mol. The topological polar surface area (TPSA) is 58.0 Å². The number of benzene rings is 8. The highest BCUT2D eigenvalue weighted by molar-refractivity contribution is 6.28. The van der Waals surface area contributed by atoms with Gasteiger partial charge in [0.15, 0.2) is 11.6 Å². The highest BCUT2D eigenvalue weighted by Gasteiger charge is 2.21. The van der Waals surface area contributed by atoms with Gasteiger partial charge in [-0.05, 0) is 121 Å². The molecular formula is C52H40N6. The Morgan fingerprint density at radius 1 is 0.328 bits per heavy atom. The van der Waals surface area contributed by atoms with Crippen molar-refractivity contribution in [2.45, 2.75) is 27.7 Å². The molecule has 0 saturated heterocycles. The summed E-state index contributed by atoms with van der Waals surface area (Å²) >= 11 is 0. The molecule has 2 aromatic heterocycles. The van der Waals surface area contributed by atoms with Crippen molar-refractivity contribution in [2.75, 3.05) is 9.80 Å². The summed E-state index contributed by atoms with van der Waals surface area (Å²) in [4.78, 5) is 24.5. The highest BCUT2D eigenvalue weighted by atomic mass is 15.2. The molecule has 0 bridgehead atoms. The van der Waals surface area contributed by atoms with Crippen LogP contribution in [0.3, 0.4) is 0 Å². The summed E-state index contributed by atoms with van der Waals surface area (Å²) in [5.74, 6) is 1.36. The van der Waals surface area contributed by atoms with Crippen LogP contribution in [-0.2, 0) is 0 Å². The number of hydrogen-bond donors (Lipinski definition) is 0. The molecule has 2 heterocycles. The Labute approximate surface area is 338 Å². The first kappa shape index (κ1) is 35.0. The van der Waals surface area contributed by atoms with Gasteiger partial charge in [-0.2, -0.15) is 0 Å². The summed E-state index contributed by atoms with van der Waals surface area (Å²) in [5.41, 5.74) is 12.8. The zero-order chi connectivity index (χ0) is 39.3. The minimum atomic E-state index is 0.682. The smallest absolute Gasteiger partial charge is 0.159 e. The maximum absolute atomic E-state index is 5.03. The second-order valence-electron chi connectivity index (χ2n) is 15.2. The lowest BCUT2D eigenvalue weighted by Crippen LogP contribution is -2.11. The first-order valence-corrected chi connectivity index (χ1v) is 19.6. The fourth-order valence-corrected chi connectivity index (χ4v) is 8.05. The molecule has 0 spiro atoms. The van der Waals surface area contributed by atoms with Crippen LogP contribution < -0.4 is 9.80 Å². The summed E-state index contributed by atoms with van der Waals surface area (Å²) in [6.45, 7) is 8.42. The Bertz CT molecular complexity index is 2750. The molecule has 0 amide bonds. The zero-order valence-corrected chi connectivity index (χ0v) is 32.8. The van der Waals surface area contributed by atoms with Crippen molar-refractivity contribution < 1.29 is 0 Å². The number of hydrogen-bond acceptors (Lipinski definition) is 6. The van der Waals surface area contributed by atoms with E-state index in [2.05, 4.69) is 183 Å². The van der Waals surface area contributed by atoms with Crippen LogP contribution in [0.1, 0.15) is 22.3 Å². The number of aromatic nitrogens is 4. The van der Waals surface area contributed by atoms with E-state index in [0.717, 1.165) is 66.8 Å². The number of rotatable bonds is 8. The molecule has 278 valence electrons. The van der Waals surface area contributed by atoms with Crippen LogP contribution >= 0.6 is 0 Å². The maximum Gasteiger partial charge on any atom is 0.159 e. The van der Waals surface area contributed by atoms with Crippen molar-refractivity contribution in [1.82, 2.24) is 19.9 Å². The Morgan fingerprint density at radius 2 is 0.621 bits per heavy atom. The van der Waals surface area contributed by atoms with Gasteiger partial charge in [0.05, 0.1) is 36.2 Å². The first-order chi connectivity index (χ1) is 28.4. The Morgan fingerprint density at radius 3 is 0.914 bits per heavy atom. The fraction of sp³-hybridized carbons (Fsp3) is 0.0769. The monoisotopic (exact) mass is 748 g/mol. The minimum Gasteiger partial charge on any atom is -0.308 e. The van der Waals surface area contributed by atoms with Gasteiger partial charge >= 0.3 is 0 Å². The van der Waals surface area contributed by atoms with Gasteiger partial charge in [0.1, 0.15) is 0 Å². The molecule has 8 aromatic carbocycles. The van der Waals surface area contributed by atoms with Gasteiger partial charge in [-0.3, -0.25) is 0 Å². The molecule has 6 heteroatoms. The van der Waals surface area contributed by atoms with E-state index in [1.165, 1.54) is 33.0 Å². The second-order valence-corrected chi connectivity index (χ2v) is 15.2. The summed E-state index contributed by atoms with van der Waals surface area (Å²) < 4.78 is 0. The average Bonchev–Trinajstić information content (AvgIpc) is 3.26. The lowest BCUT2D eigenvalue weighted by Gasteiger charge is -2.25. The fourth-order valence-electron chi connectivity index (χ4n) is 8.05. The SMILES string of the molecule is Cc1ccc(N(c2ccc(C)cc2)c2cnc(-c3cc4cccc5c(-c6ncc(N(c7ccc(C)cc7)c7ccc(C)cc7)cn6)cc6cccc3c6c45)nc2)cc1. The van der Waals surface area contributed by atoms with Crippen LogP contribution in [0.5, 0.6) is 0 Å². The van der Waals surface area contributed by atoms with Crippen LogP contribution in [0, 0.1) is 27.7 Å². The van der Waals surface area contributed by atoms with Crippen molar-refractivity contribution in [3.63, 3.8) is 0 Å². The maximum atomic E-state index is 5.03. The van der Waals surface area contributed by atoms with Gasteiger partial charge in [-0.15, -0.1) is 0 Å². The quantitative estimate of drug-likeness (QED) is 0.144. The molecule has 0 unspecified atom stereocenters. The third-order valence-corrected chi connectivity index (χ3v) is 11.1. The number of nitrogens with zero attached hydrogens (tertiary/aromatic N) is 6. The van der Waals surface area contributed by atoms with Gasteiger partial charge < -0.3 is 9.80 Å². The molecule has 0 saturated carbocycles. The third-order valence-electron chi connectivity index (χ3n) is 11.1. The van der Waals surface area contributed by atoms with E-state index in [9.17, 15) is 0 Å². The molecule has 0 aliphatic rings. The lowest BCUT2D eigenvalue weighted by molar-refractivity contribution is 1.14. The van der Waals surface area contributed by atoms with Crippen LogP contribution in [0.2, 0.25) is 0 Å². The second kappa shape index (κ2) is 14.3. The van der Waals surface area contributed by atoms with Crippen LogP contribution in [0.25, 0.3) is 55.1 Å². The first-order valence-electron chi connectivity index (χ1n) is 19.6. The third kappa shape index (κ3) is 6.25. The molecule has 6 nitrogen and oxygen atoms in total. The zero-order valence-electron chi connectivity index (χ0n) is 32.8. The molecular weight excluding hydrogens is 709 g/mol. The molecule has 0 atom stereocenters. The van der Waals surface area contributed by atoms with Crippen LogP contribution in [0.4, 0.5) is 34.1 Å². The molecule has 0 aliphatic carbocycles. The number of anilines is 6. The van der Waals surface area contributed by atoms with E-state index in [1.807, 2.05) is 24.8 Å². The summed E-state index contributed by atoms with van der Waals surface area (Å²) in [5, 5.41) is 6.82. The molecule has 0 aliphatic heterocycles. The molecule has 0 radical (unpaired) electrons. The Kier molecular flexibility index (Phi) is 8.60. The summed E-state index contributed by atoms with van der Waals surface area (Å²) in [6, 6.07) is 51.6. The van der Waals surface area contributed by atoms with Crippen molar-refractivity contribution in [3.05, 3.63) is 193 Å². The molecule has 10 rings (SSSR count). The van der Waals surface area contributed by atoms with Crippen LogP contribution in [0.15, 0.2) is 170 Å².